The quantitative estimate of drug-likeness (QED) is 0.520. The Bertz CT molecular complexity index is 518. The van der Waals surface area contributed by atoms with Crippen molar-refractivity contribution in [3.8, 4) is 0 Å². The highest BCUT2D eigenvalue weighted by Crippen LogP contribution is 2.09. The topological polar surface area (TPSA) is 46.2 Å². The maximum atomic E-state index is 12.0. The predicted octanol–water partition coefficient (Wildman–Crippen LogP) is 4.19. The van der Waals surface area contributed by atoms with E-state index in [0.717, 1.165) is 24.8 Å². The molecule has 0 aromatic heterocycles. The number of hydrogen-bond acceptors (Lipinski definition) is 2. The number of benzene rings is 1. The highest BCUT2D eigenvalue weighted by molar-refractivity contribution is 7.89. The maximum Gasteiger partial charge on any atom is 0.240 e. The molecule has 0 bridgehead atoms. The number of rotatable bonds is 10. The minimum Gasteiger partial charge on any atom is -0.211 e. The zero-order valence-electron chi connectivity index (χ0n) is 13.1. The summed E-state index contributed by atoms with van der Waals surface area (Å²) in [7, 11) is -3.36. The molecule has 0 unspecified atom stereocenters. The van der Waals surface area contributed by atoms with Crippen LogP contribution in [-0.4, -0.2) is 15.0 Å². The number of sulfonamides is 1. The van der Waals surface area contributed by atoms with Crippen LogP contribution in [-0.2, 0) is 10.0 Å². The first-order valence-corrected chi connectivity index (χ1v) is 9.26. The fraction of sp³-hybridized carbons (Fsp3) is 0.529. The molecule has 4 heteroatoms. The maximum absolute atomic E-state index is 12.0. The summed E-state index contributed by atoms with van der Waals surface area (Å²) in [6.07, 6.45) is 11.0. The molecule has 118 valence electrons. The van der Waals surface area contributed by atoms with Crippen molar-refractivity contribution < 1.29 is 8.42 Å². The highest BCUT2D eigenvalue weighted by atomic mass is 32.2. The second kappa shape index (κ2) is 9.74. The van der Waals surface area contributed by atoms with Crippen LogP contribution in [0.3, 0.4) is 0 Å². The molecule has 0 saturated heterocycles. The van der Waals surface area contributed by atoms with E-state index in [1.807, 2.05) is 19.1 Å². The molecule has 1 rings (SSSR count). The first kappa shape index (κ1) is 17.9. The summed E-state index contributed by atoms with van der Waals surface area (Å²) >= 11 is 0. The van der Waals surface area contributed by atoms with Gasteiger partial charge in [-0.25, -0.2) is 13.1 Å². The van der Waals surface area contributed by atoms with Crippen molar-refractivity contribution in [1.29, 1.82) is 0 Å². The Morgan fingerprint density at radius 3 is 2.24 bits per heavy atom. The van der Waals surface area contributed by atoms with Gasteiger partial charge in [0.2, 0.25) is 10.0 Å². The van der Waals surface area contributed by atoms with Gasteiger partial charge in [-0.3, -0.25) is 0 Å². The van der Waals surface area contributed by atoms with Crippen LogP contribution < -0.4 is 4.72 Å². The molecule has 0 heterocycles. The van der Waals surface area contributed by atoms with Crippen LogP contribution in [0.4, 0.5) is 0 Å². The zero-order valence-corrected chi connectivity index (χ0v) is 14.0. The molecule has 0 radical (unpaired) electrons. The van der Waals surface area contributed by atoms with Crippen molar-refractivity contribution in [2.75, 3.05) is 6.54 Å². The lowest BCUT2D eigenvalue weighted by Gasteiger charge is -2.06. The predicted molar refractivity (Wildman–Crippen MR) is 88.9 cm³/mol. The van der Waals surface area contributed by atoms with E-state index in [0.29, 0.717) is 11.4 Å². The van der Waals surface area contributed by atoms with E-state index in [2.05, 4.69) is 23.8 Å². The van der Waals surface area contributed by atoms with E-state index in [1.54, 1.807) is 12.1 Å². The van der Waals surface area contributed by atoms with Crippen molar-refractivity contribution in [2.24, 2.45) is 0 Å². The van der Waals surface area contributed by atoms with E-state index < -0.39 is 10.0 Å². The monoisotopic (exact) mass is 309 g/mol. The summed E-state index contributed by atoms with van der Waals surface area (Å²) in [6, 6.07) is 6.91. The molecule has 0 saturated carbocycles. The average molecular weight is 309 g/mol. The Labute approximate surface area is 129 Å². The van der Waals surface area contributed by atoms with Gasteiger partial charge in [0.1, 0.15) is 0 Å². The van der Waals surface area contributed by atoms with Gasteiger partial charge in [-0.2, -0.15) is 0 Å². The second-order valence-electron chi connectivity index (χ2n) is 5.32. The van der Waals surface area contributed by atoms with E-state index in [-0.39, 0.29) is 0 Å². The number of aryl methyl sites for hydroxylation is 1. The molecule has 1 aromatic carbocycles. The smallest absolute Gasteiger partial charge is 0.211 e. The minimum atomic E-state index is -3.36. The third-order valence-corrected chi connectivity index (χ3v) is 4.79. The molecule has 0 amide bonds. The summed E-state index contributed by atoms with van der Waals surface area (Å²) in [4.78, 5) is 0.336. The average Bonchev–Trinajstić information content (AvgIpc) is 2.46. The van der Waals surface area contributed by atoms with Gasteiger partial charge in [0.05, 0.1) is 4.90 Å². The van der Waals surface area contributed by atoms with Crippen LogP contribution in [0.1, 0.15) is 51.0 Å². The molecule has 0 aliphatic rings. The Kier molecular flexibility index (Phi) is 8.31. The number of allylic oxidation sites excluding steroid dienone is 2. The van der Waals surface area contributed by atoms with Crippen molar-refractivity contribution >= 4 is 10.0 Å². The lowest BCUT2D eigenvalue weighted by Crippen LogP contribution is -2.24. The molecule has 3 nitrogen and oxygen atoms in total. The molecular weight excluding hydrogens is 282 g/mol. The Morgan fingerprint density at radius 2 is 1.62 bits per heavy atom. The van der Waals surface area contributed by atoms with Gasteiger partial charge in [-0.1, -0.05) is 49.6 Å². The lowest BCUT2D eigenvalue weighted by molar-refractivity contribution is 0.579. The number of hydrogen-bond donors (Lipinski definition) is 1. The molecule has 21 heavy (non-hydrogen) atoms. The van der Waals surface area contributed by atoms with Crippen LogP contribution in [0.25, 0.3) is 0 Å². The van der Waals surface area contributed by atoms with Crippen LogP contribution in [0, 0.1) is 6.92 Å². The van der Waals surface area contributed by atoms with Gasteiger partial charge in [0, 0.05) is 6.54 Å². The molecule has 0 atom stereocenters. The third-order valence-electron chi connectivity index (χ3n) is 3.31. The summed E-state index contributed by atoms with van der Waals surface area (Å²) in [5.41, 5.74) is 1.06. The Morgan fingerprint density at radius 1 is 1.00 bits per heavy atom. The van der Waals surface area contributed by atoms with Crippen molar-refractivity contribution in [3.05, 3.63) is 42.0 Å². The minimum absolute atomic E-state index is 0.336. The van der Waals surface area contributed by atoms with E-state index >= 15 is 0 Å². The number of unbranched alkanes of at least 4 members (excludes halogenated alkanes) is 4. The first-order chi connectivity index (χ1) is 10.1. The SMILES string of the molecule is CCCCC/C=C\CCCNS(=O)(=O)c1ccc(C)cc1. The van der Waals surface area contributed by atoms with Gasteiger partial charge in [0.15, 0.2) is 0 Å². The highest BCUT2D eigenvalue weighted by Gasteiger charge is 2.11. The van der Waals surface area contributed by atoms with Gasteiger partial charge >= 0.3 is 0 Å². The lowest BCUT2D eigenvalue weighted by atomic mass is 10.2. The molecule has 0 aliphatic heterocycles. The second-order valence-corrected chi connectivity index (χ2v) is 7.09. The Balaban J connectivity index is 2.24. The van der Waals surface area contributed by atoms with Gasteiger partial charge < -0.3 is 0 Å². The fourth-order valence-corrected chi connectivity index (χ4v) is 3.05. The van der Waals surface area contributed by atoms with E-state index in [1.165, 1.54) is 19.3 Å². The van der Waals surface area contributed by atoms with Gasteiger partial charge in [-0.15, -0.1) is 0 Å². The van der Waals surface area contributed by atoms with Gasteiger partial charge in [0.25, 0.3) is 0 Å². The van der Waals surface area contributed by atoms with Crippen molar-refractivity contribution in [1.82, 2.24) is 4.72 Å². The largest absolute Gasteiger partial charge is 0.240 e. The van der Waals surface area contributed by atoms with Crippen LogP contribution in [0.15, 0.2) is 41.3 Å². The van der Waals surface area contributed by atoms with Crippen molar-refractivity contribution in [2.45, 2.75) is 57.3 Å². The third kappa shape index (κ3) is 7.44. The van der Waals surface area contributed by atoms with E-state index in [4.69, 9.17) is 0 Å². The molecular formula is C17H27NO2S. The summed E-state index contributed by atoms with van der Waals surface area (Å²) < 4.78 is 26.7. The van der Waals surface area contributed by atoms with Crippen LogP contribution >= 0.6 is 0 Å². The van der Waals surface area contributed by atoms with Crippen LogP contribution in [0.5, 0.6) is 0 Å². The normalized spacial score (nSPS) is 12.1. The standard InChI is InChI=1S/C17H27NO2S/c1-3-4-5-6-7-8-9-10-15-18-21(19,20)17-13-11-16(2)12-14-17/h7-8,11-14,18H,3-6,9-10,15H2,1-2H3/b8-7-. The first-order valence-electron chi connectivity index (χ1n) is 7.77. The summed E-state index contributed by atoms with van der Waals surface area (Å²) in [5.74, 6) is 0. The van der Waals surface area contributed by atoms with Crippen molar-refractivity contribution in [3.63, 3.8) is 0 Å². The fourth-order valence-electron chi connectivity index (χ4n) is 1.98. The van der Waals surface area contributed by atoms with E-state index in [9.17, 15) is 8.42 Å². The summed E-state index contributed by atoms with van der Waals surface area (Å²) in [6.45, 7) is 4.62. The molecule has 0 fully saturated rings. The Hall–Kier alpha value is -1.13. The van der Waals surface area contributed by atoms with Crippen LogP contribution in [0.2, 0.25) is 0 Å². The molecule has 0 spiro atoms. The zero-order chi connectivity index (χ0) is 15.6. The molecule has 1 N–H and O–H groups in total. The summed E-state index contributed by atoms with van der Waals surface area (Å²) in [5, 5.41) is 0. The number of nitrogens with one attached hydrogen (secondary N) is 1. The molecule has 1 aromatic rings. The van der Waals surface area contributed by atoms with Gasteiger partial charge in [-0.05, 0) is 44.7 Å². The molecule has 0 aliphatic carbocycles.